The average Bonchev–Trinajstić information content (AvgIpc) is 2.75. The van der Waals surface area contributed by atoms with Crippen molar-refractivity contribution in [3.8, 4) is 0 Å². The number of rotatable bonds is 3. The lowest BCUT2D eigenvalue weighted by atomic mass is 10.1. The molecular weight excluding hydrogens is 207 g/mol. The molecule has 1 aromatic rings. The summed E-state index contributed by atoms with van der Waals surface area (Å²) in [6, 6.07) is 6.71. The minimum atomic E-state index is -0.521. The molecule has 16 heavy (non-hydrogen) atoms. The molecule has 0 aromatic heterocycles. The van der Waals surface area contributed by atoms with Crippen LogP contribution in [0.3, 0.4) is 0 Å². The molecular formula is C13H17FO2. The molecule has 1 aromatic carbocycles. The van der Waals surface area contributed by atoms with Crippen LogP contribution in [-0.2, 0) is 9.47 Å². The van der Waals surface area contributed by atoms with E-state index in [1.165, 1.54) is 6.07 Å². The Kier molecular flexibility index (Phi) is 3.26. The second-order valence-electron chi connectivity index (χ2n) is 4.06. The predicted octanol–water partition coefficient (Wildman–Crippen LogP) is 3.43. The van der Waals surface area contributed by atoms with Gasteiger partial charge >= 0.3 is 0 Å². The highest BCUT2D eigenvalue weighted by atomic mass is 19.1. The van der Waals surface area contributed by atoms with E-state index in [9.17, 15) is 4.39 Å². The SMILES string of the molecule is CCC1(CC)OCC(c2ccccc2F)O1. The highest BCUT2D eigenvalue weighted by molar-refractivity contribution is 5.20. The van der Waals surface area contributed by atoms with E-state index in [-0.39, 0.29) is 11.9 Å². The maximum absolute atomic E-state index is 13.6. The van der Waals surface area contributed by atoms with Crippen LogP contribution in [0.4, 0.5) is 4.39 Å². The highest BCUT2D eigenvalue weighted by Gasteiger charge is 2.39. The molecule has 1 fully saturated rings. The number of hydrogen-bond acceptors (Lipinski definition) is 2. The Labute approximate surface area is 95.4 Å². The minimum absolute atomic E-state index is 0.223. The summed E-state index contributed by atoms with van der Waals surface area (Å²) in [7, 11) is 0. The molecule has 88 valence electrons. The monoisotopic (exact) mass is 224 g/mol. The number of hydrogen-bond donors (Lipinski definition) is 0. The fourth-order valence-corrected chi connectivity index (χ4v) is 2.07. The van der Waals surface area contributed by atoms with Gasteiger partial charge in [0.25, 0.3) is 0 Å². The van der Waals surface area contributed by atoms with Gasteiger partial charge in [-0.05, 0) is 18.9 Å². The third-order valence-electron chi connectivity index (χ3n) is 3.18. The molecule has 2 nitrogen and oxygen atoms in total. The Hall–Kier alpha value is -0.930. The van der Waals surface area contributed by atoms with E-state index in [4.69, 9.17) is 9.47 Å². The first-order chi connectivity index (χ1) is 7.71. The van der Waals surface area contributed by atoms with Crippen LogP contribution in [0.25, 0.3) is 0 Å². The van der Waals surface area contributed by atoms with E-state index >= 15 is 0 Å². The fraction of sp³-hybridized carbons (Fsp3) is 0.538. The van der Waals surface area contributed by atoms with E-state index in [2.05, 4.69) is 0 Å². The molecule has 0 saturated carbocycles. The molecule has 1 atom stereocenters. The van der Waals surface area contributed by atoms with E-state index in [1.807, 2.05) is 19.9 Å². The van der Waals surface area contributed by atoms with Crippen LogP contribution in [0.1, 0.15) is 38.4 Å². The lowest BCUT2D eigenvalue weighted by molar-refractivity contribution is -0.172. The summed E-state index contributed by atoms with van der Waals surface area (Å²) < 4.78 is 25.1. The van der Waals surface area contributed by atoms with Gasteiger partial charge in [0.1, 0.15) is 11.9 Å². The Morgan fingerprint density at radius 2 is 2.00 bits per heavy atom. The van der Waals surface area contributed by atoms with Crippen LogP contribution in [0.5, 0.6) is 0 Å². The van der Waals surface area contributed by atoms with Gasteiger partial charge in [0, 0.05) is 5.56 Å². The molecule has 1 heterocycles. The summed E-state index contributed by atoms with van der Waals surface area (Å²) in [6.45, 7) is 4.48. The topological polar surface area (TPSA) is 18.5 Å². The maximum atomic E-state index is 13.6. The van der Waals surface area contributed by atoms with Crippen LogP contribution < -0.4 is 0 Å². The standard InChI is InChI=1S/C13H17FO2/c1-3-13(4-2)15-9-12(16-13)10-7-5-6-8-11(10)14/h5-8,12H,3-4,9H2,1-2H3. The highest BCUT2D eigenvalue weighted by Crippen LogP contribution is 2.38. The van der Waals surface area contributed by atoms with Crippen molar-refractivity contribution >= 4 is 0 Å². The maximum Gasteiger partial charge on any atom is 0.168 e. The van der Waals surface area contributed by atoms with Gasteiger partial charge in [0.15, 0.2) is 5.79 Å². The molecule has 0 amide bonds. The zero-order valence-electron chi connectivity index (χ0n) is 9.70. The molecule has 0 bridgehead atoms. The average molecular weight is 224 g/mol. The minimum Gasteiger partial charge on any atom is -0.347 e. The normalized spacial score (nSPS) is 23.6. The zero-order chi connectivity index (χ0) is 11.6. The van der Waals surface area contributed by atoms with Crippen LogP contribution >= 0.6 is 0 Å². The number of benzene rings is 1. The Bertz CT molecular complexity index is 361. The second-order valence-corrected chi connectivity index (χ2v) is 4.06. The first-order valence-electron chi connectivity index (χ1n) is 5.77. The first kappa shape index (κ1) is 11.6. The summed E-state index contributed by atoms with van der Waals surface area (Å²) in [5.74, 6) is -0.744. The van der Waals surface area contributed by atoms with E-state index in [0.29, 0.717) is 12.2 Å². The molecule has 1 saturated heterocycles. The second kappa shape index (κ2) is 4.52. The molecule has 1 unspecified atom stereocenters. The number of halogens is 1. The van der Waals surface area contributed by atoms with Crippen LogP contribution in [-0.4, -0.2) is 12.4 Å². The van der Waals surface area contributed by atoms with Gasteiger partial charge < -0.3 is 9.47 Å². The van der Waals surface area contributed by atoms with Gasteiger partial charge in [-0.1, -0.05) is 32.0 Å². The van der Waals surface area contributed by atoms with Crippen LogP contribution in [0, 0.1) is 5.82 Å². The van der Waals surface area contributed by atoms with Crippen molar-refractivity contribution in [1.82, 2.24) is 0 Å². The molecule has 0 N–H and O–H groups in total. The summed E-state index contributed by atoms with van der Waals surface area (Å²) in [6.07, 6.45) is 1.30. The third-order valence-corrected chi connectivity index (χ3v) is 3.18. The Morgan fingerprint density at radius 3 is 2.56 bits per heavy atom. The van der Waals surface area contributed by atoms with Crippen molar-refractivity contribution in [2.45, 2.75) is 38.6 Å². The van der Waals surface area contributed by atoms with Gasteiger partial charge in [0.2, 0.25) is 0 Å². The van der Waals surface area contributed by atoms with Gasteiger partial charge in [-0.15, -0.1) is 0 Å². The van der Waals surface area contributed by atoms with Gasteiger partial charge in [-0.2, -0.15) is 0 Å². The fourth-order valence-electron chi connectivity index (χ4n) is 2.07. The van der Waals surface area contributed by atoms with Crippen molar-refractivity contribution in [2.75, 3.05) is 6.61 Å². The Balaban J connectivity index is 2.18. The third kappa shape index (κ3) is 1.97. The summed E-state index contributed by atoms with van der Waals surface area (Å²) in [5, 5.41) is 0. The van der Waals surface area contributed by atoms with E-state index in [1.54, 1.807) is 12.1 Å². The molecule has 0 spiro atoms. The van der Waals surface area contributed by atoms with Gasteiger partial charge in [0.05, 0.1) is 6.61 Å². The lowest BCUT2D eigenvalue weighted by Gasteiger charge is -2.25. The van der Waals surface area contributed by atoms with Gasteiger partial charge in [-0.25, -0.2) is 4.39 Å². The molecule has 3 heteroatoms. The zero-order valence-corrected chi connectivity index (χ0v) is 9.70. The van der Waals surface area contributed by atoms with Crippen LogP contribution in [0.15, 0.2) is 24.3 Å². The van der Waals surface area contributed by atoms with Gasteiger partial charge in [-0.3, -0.25) is 0 Å². The molecule has 0 aliphatic carbocycles. The molecule has 0 radical (unpaired) electrons. The van der Waals surface area contributed by atoms with Crippen molar-refractivity contribution in [3.63, 3.8) is 0 Å². The summed E-state index contributed by atoms with van der Waals surface area (Å²) >= 11 is 0. The first-order valence-corrected chi connectivity index (χ1v) is 5.77. The van der Waals surface area contributed by atoms with Crippen molar-refractivity contribution in [1.29, 1.82) is 0 Å². The summed E-state index contributed by atoms with van der Waals surface area (Å²) in [5.41, 5.74) is 0.589. The quantitative estimate of drug-likeness (QED) is 0.783. The molecule has 1 aliphatic heterocycles. The Morgan fingerprint density at radius 1 is 1.31 bits per heavy atom. The number of ether oxygens (including phenoxy) is 2. The van der Waals surface area contributed by atoms with Crippen molar-refractivity contribution < 1.29 is 13.9 Å². The van der Waals surface area contributed by atoms with E-state index < -0.39 is 5.79 Å². The molecule has 1 aliphatic rings. The van der Waals surface area contributed by atoms with Crippen molar-refractivity contribution in [2.24, 2.45) is 0 Å². The molecule has 2 rings (SSSR count). The summed E-state index contributed by atoms with van der Waals surface area (Å²) in [4.78, 5) is 0. The van der Waals surface area contributed by atoms with Crippen LogP contribution in [0.2, 0.25) is 0 Å². The largest absolute Gasteiger partial charge is 0.347 e. The van der Waals surface area contributed by atoms with Crippen molar-refractivity contribution in [3.05, 3.63) is 35.6 Å². The smallest absolute Gasteiger partial charge is 0.168 e. The predicted molar refractivity (Wildman–Crippen MR) is 59.5 cm³/mol. The lowest BCUT2D eigenvalue weighted by Crippen LogP contribution is -2.27. The van der Waals surface area contributed by atoms with E-state index in [0.717, 1.165) is 12.8 Å².